The first kappa shape index (κ1) is 22.2. The molecule has 0 saturated carbocycles. The number of benzene rings is 2. The number of rotatable bonds is 9. The average Bonchev–Trinajstić information content (AvgIpc) is 2.59. The Balaban J connectivity index is 2.34. The highest BCUT2D eigenvalue weighted by atomic mass is 32.2. The van der Waals surface area contributed by atoms with Gasteiger partial charge < -0.3 is 8.92 Å². The van der Waals surface area contributed by atoms with Gasteiger partial charge in [0, 0.05) is 13.1 Å². The molecular formula is C19H25NO6S2. The lowest BCUT2D eigenvalue weighted by atomic mass is 10.2. The van der Waals surface area contributed by atoms with E-state index in [1.54, 1.807) is 24.3 Å². The smallest absolute Gasteiger partial charge is 0.306 e. The summed E-state index contributed by atoms with van der Waals surface area (Å²) in [5, 5.41) is 0. The lowest BCUT2D eigenvalue weighted by Gasteiger charge is -2.24. The molecule has 2 rings (SSSR count). The van der Waals surface area contributed by atoms with Gasteiger partial charge in [-0.15, -0.1) is 0 Å². The Hall–Kier alpha value is -2.10. The molecule has 0 spiro atoms. The molecule has 0 fully saturated rings. The first-order valence-electron chi connectivity index (χ1n) is 8.64. The molecule has 2 aromatic rings. The normalized spacial score (nSPS) is 12.4. The number of hydrogen-bond donors (Lipinski definition) is 0. The molecule has 0 bridgehead atoms. The minimum atomic E-state index is -3.75. The fraction of sp³-hybridized carbons (Fsp3) is 0.368. The zero-order chi connectivity index (χ0) is 20.9. The number of hydrogen-bond acceptors (Lipinski definition) is 6. The van der Waals surface area contributed by atoms with Gasteiger partial charge in [-0.05, 0) is 47.9 Å². The maximum atomic E-state index is 13.1. The fourth-order valence-electron chi connectivity index (χ4n) is 2.63. The molecule has 0 aliphatic carbocycles. The van der Waals surface area contributed by atoms with Crippen LogP contribution in [0, 0.1) is 5.92 Å². The lowest BCUT2D eigenvalue weighted by molar-refractivity contribution is 0.361. The van der Waals surface area contributed by atoms with E-state index in [1.807, 2.05) is 13.8 Å². The van der Waals surface area contributed by atoms with Gasteiger partial charge in [0.15, 0.2) is 0 Å². The van der Waals surface area contributed by atoms with Crippen molar-refractivity contribution in [3.8, 4) is 11.5 Å². The van der Waals surface area contributed by atoms with Crippen molar-refractivity contribution in [2.75, 3.05) is 19.9 Å². The Morgan fingerprint density at radius 3 is 2.14 bits per heavy atom. The topological polar surface area (TPSA) is 90.0 Å². The van der Waals surface area contributed by atoms with E-state index >= 15 is 0 Å². The van der Waals surface area contributed by atoms with Crippen molar-refractivity contribution < 1.29 is 25.8 Å². The van der Waals surface area contributed by atoms with Crippen LogP contribution >= 0.6 is 0 Å². The van der Waals surface area contributed by atoms with Crippen molar-refractivity contribution in [2.24, 2.45) is 5.92 Å². The number of methoxy groups -OCH3 is 1. The quantitative estimate of drug-likeness (QED) is 0.572. The monoisotopic (exact) mass is 427 g/mol. The fourth-order valence-corrected chi connectivity index (χ4v) is 4.67. The largest absolute Gasteiger partial charge is 0.497 e. The molecule has 154 valence electrons. The SMILES string of the molecule is COc1ccc(S(=O)(=O)N(Cc2cccc(OS(C)(=O)=O)c2)CC(C)C)cc1. The van der Waals surface area contributed by atoms with Gasteiger partial charge in [-0.1, -0.05) is 26.0 Å². The zero-order valence-corrected chi connectivity index (χ0v) is 18.0. The summed E-state index contributed by atoms with van der Waals surface area (Å²) >= 11 is 0. The predicted molar refractivity (Wildman–Crippen MR) is 107 cm³/mol. The van der Waals surface area contributed by atoms with Gasteiger partial charge in [-0.3, -0.25) is 0 Å². The minimum absolute atomic E-state index is 0.0908. The molecule has 0 aliphatic rings. The van der Waals surface area contributed by atoms with Gasteiger partial charge in [0.05, 0.1) is 18.3 Å². The van der Waals surface area contributed by atoms with Crippen LogP contribution in [0.3, 0.4) is 0 Å². The van der Waals surface area contributed by atoms with Crippen molar-refractivity contribution in [1.82, 2.24) is 4.31 Å². The molecule has 9 heteroatoms. The molecule has 28 heavy (non-hydrogen) atoms. The number of sulfonamides is 1. The highest BCUT2D eigenvalue weighted by molar-refractivity contribution is 7.89. The molecule has 0 aliphatic heterocycles. The Kier molecular flexibility index (Phi) is 7.08. The van der Waals surface area contributed by atoms with Gasteiger partial charge in [0.25, 0.3) is 0 Å². The molecule has 0 aromatic heterocycles. The van der Waals surface area contributed by atoms with Crippen LogP contribution in [0.15, 0.2) is 53.4 Å². The summed E-state index contributed by atoms with van der Waals surface area (Å²) in [5.41, 5.74) is 0.624. The van der Waals surface area contributed by atoms with Gasteiger partial charge in [0.1, 0.15) is 11.5 Å². The summed E-state index contributed by atoms with van der Waals surface area (Å²) in [6.45, 7) is 4.26. The molecule has 0 amide bonds. The highest BCUT2D eigenvalue weighted by Crippen LogP contribution is 2.24. The van der Waals surface area contributed by atoms with Crippen LogP contribution in [0.1, 0.15) is 19.4 Å². The van der Waals surface area contributed by atoms with Crippen molar-refractivity contribution in [3.05, 3.63) is 54.1 Å². The van der Waals surface area contributed by atoms with Crippen molar-refractivity contribution in [2.45, 2.75) is 25.3 Å². The molecule has 2 aromatic carbocycles. The average molecular weight is 428 g/mol. The summed E-state index contributed by atoms with van der Waals surface area (Å²) in [7, 11) is -5.90. The molecule has 0 unspecified atom stereocenters. The standard InChI is InChI=1S/C19H25NO6S2/c1-15(2)13-20(28(23,24)19-10-8-17(25-3)9-11-19)14-16-6-5-7-18(12-16)26-27(4,21)22/h5-12,15H,13-14H2,1-4H3. The molecule has 7 nitrogen and oxygen atoms in total. The zero-order valence-electron chi connectivity index (χ0n) is 16.3. The number of ether oxygens (including phenoxy) is 1. The molecule has 0 heterocycles. The summed E-state index contributed by atoms with van der Waals surface area (Å²) in [4.78, 5) is 0.164. The van der Waals surface area contributed by atoms with Crippen LogP contribution in [0.25, 0.3) is 0 Å². The maximum absolute atomic E-state index is 13.1. The summed E-state index contributed by atoms with van der Waals surface area (Å²) in [5.74, 6) is 0.815. The molecular weight excluding hydrogens is 402 g/mol. The Morgan fingerprint density at radius 2 is 1.61 bits per heavy atom. The predicted octanol–water partition coefficient (Wildman–Crippen LogP) is 2.88. The summed E-state index contributed by atoms with van der Waals surface area (Å²) in [6, 6.07) is 12.6. The summed E-state index contributed by atoms with van der Waals surface area (Å²) < 4.78 is 60.3. The van der Waals surface area contributed by atoms with E-state index < -0.39 is 20.1 Å². The molecule has 0 saturated heterocycles. The first-order chi connectivity index (χ1) is 13.0. The van der Waals surface area contributed by atoms with Crippen LogP contribution < -0.4 is 8.92 Å². The maximum Gasteiger partial charge on any atom is 0.306 e. The van der Waals surface area contributed by atoms with Crippen LogP contribution in [-0.2, 0) is 26.7 Å². The van der Waals surface area contributed by atoms with Gasteiger partial charge in [-0.25, -0.2) is 8.42 Å². The van der Waals surface area contributed by atoms with E-state index in [2.05, 4.69) is 0 Å². The molecule has 0 radical (unpaired) electrons. The third-order valence-electron chi connectivity index (χ3n) is 3.77. The Morgan fingerprint density at radius 1 is 0.964 bits per heavy atom. The van der Waals surface area contributed by atoms with E-state index in [-0.39, 0.29) is 23.1 Å². The van der Waals surface area contributed by atoms with E-state index in [1.165, 1.54) is 35.7 Å². The summed E-state index contributed by atoms with van der Waals surface area (Å²) in [6.07, 6.45) is 0.957. The van der Waals surface area contributed by atoms with Crippen LogP contribution in [0.5, 0.6) is 11.5 Å². The second-order valence-corrected chi connectivity index (χ2v) is 10.3. The second kappa shape index (κ2) is 8.93. The first-order valence-corrected chi connectivity index (χ1v) is 11.9. The highest BCUT2D eigenvalue weighted by Gasteiger charge is 2.25. The third kappa shape index (κ3) is 6.22. The van der Waals surface area contributed by atoms with E-state index in [4.69, 9.17) is 8.92 Å². The second-order valence-electron chi connectivity index (χ2n) is 6.80. The number of nitrogens with zero attached hydrogens (tertiary/aromatic N) is 1. The van der Waals surface area contributed by atoms with Gasteiger partial charge in [-0.2, -0.15) is 12.7 Å². The van der Waals surface area contributed by atoms with Crippen molar-refractivity contribution >= 4 is 20.1 Å². The van der Waals surface area contributed by atoms with Crippen molar-refractivity contribution in [1.29, 1.82) is 0 Å². The van der Waals surface area contributed by atoms with Crippen LogP contribution in [0.4, 0.5) is 0 Å². The van der Waals surface area contributed by atoms with E-state index in [9.17, 15) is 16.8 Å². The van der Waals surface area contributed by atoms with Gasteiger partial charge >= 0.3 is 10.1 Å². The molecule has 0 atom stereocenters. The Labute approximate surface area is 167 Å². The van der Waals surface area contributed by atoms with Crippen LogP contribution in [-0.4, -0.2) is 41.1 Å². The van der Waals surface area contributed by atoms with E-state index in [0.717, 1.165) is 6.26 Å². The molecule has 0 N–H and O–H groups in total. The van der Waals surface area contributed by atoms with E-state index in [0.29, 0.717) is 17.9 Å². The van der Waals surface area contributed by atoms with Gasteiger partial charge in [0.2, 0.25) is 10.0 Å². The Bertz CT molecular complexity index is 999. The third-order valence-corrected chi connectivity index (χ3v) is 6.09. The lowest BCUT2D eigenvalue weighted by Crippen LogP contribution is -2.33. The van der Waals surface area contributed by atoms with Crippen molar-refractivity contribution in [3.63, 3.8) is 0 Å². The minimum Gasteiger partial charge on any atom is -0.497 e. The van der Waals surface area contributed by atoms with Crippen LogP contribution in [0.2, 0.25) is 0 Å².